The van der Waals surface area contributed by atoms with Crippen LogP contribution in [0.5, 0.6) is 0 Å². The highest BCUT2D eigenvalue weighted by atomic mass is 35.5. The van der Waals surface area contributed by atoms with Crippen LogP contribution in [-0.4, -0.2) is 0 Å². The van der Waals surface area contributed by atoms with Gasteiger partial charge in [-0.15, -0.1) is 0 Å². The highest BCUT2D eigenvalue weighted by Crippen LogP contribution is 2.24. The second-order valence-corrected chi connectivity index (χ2v) is 4.62. The fourth-order valence-electron chi connectivity index (χ4n) is 1.91. The first-order valence-electron chi connectivity index (χ1n) is 5.87. The van der Waals surface area contributed by atoms with Crippen molar-refractivity contribution in [3.8, 4) is 12.1 Å². The SMILES string of the molecule is N#Cc1ccc(C(C#N)Cc2ccccc2Cl)cc1. The number of hydrogen-bond donors (Lipinski definition) is 0. The van der Waals surface area contributed by atoms with Gasteiger partial charge < -0.3 is 0 Å². The Morgan fingerprint density at radius 3 is 2.26 bits per heavy atom. The summed E-state index contributed by atoms with van der Waals surface area (Å²) in [4.78, 5) is 0. The zero-order chi connectivity index (χ0) is 13.7. The molecule has 0 saturated carbocycles. The minimum Gasteiger partial charge on any atom is -0.198 e. The van der Waals surface area contributed by atoms with Gasteiger partial charge in [0.15, 0.2) is 0 Å². The van der Waals surface area contributed by atoms with Crippen molar-refractivity contribution in [3.05, 3.63) is 70.2 Å². The van der Waals surface area contributed by atoms with Crippen LogP contribution in [0.1, 0.15) is 22.6 Å². The Morgan fingerprint density at radius 2 is 1.68 bits per heavy atom. The largest absolute Gasteiger partial charge is 0.198 e. The van der Waals surface area contributed by atoms with Gasteiger partial charge in [-0.1, -0.05) is 41.9 Å². The van der Waals surface area contributed by atoms with Crippen LogP contribution in [0.25, 0.3) is 0 Å². The zero-order valence-electron chi connectivity index (χ0n) is 10.2. The molecule has 0 aromatic heterocycles. The fourth-order valence-corrected chi connectivity index (χ4v) is 2.12. The van der Waals surface area contributed by atoms with Crippen molar-refractivity contribution in [1.29, 1.82) is 10.5 Å². The number of hydrogen-bond acceptors (Lipinski definition) is 2. The van der Waals surface area contributed by atoms with Gasteiger partial charge in [-0.3, -0.25) is 0 Å². The van der Waals surface area contributed by atoms with Crippen LogP contribution in [0, 0.1) is 22.7 Å². The van der Waals surface area contributed by atoms with E-state index in [-0.39, 0.29) is 5.92 Å². The molecule has 92 valence electrons. The Hall–Kier alpha value is -2.29. The summed E-state index contributed by atoms with van der Waals surface area (Å²) in [5.74, 6) is -0.257. The lowest BCUT2D eigenvalue weighted by Crippen LogP contribution is -2.01. The predicted octanol–water partition coefficient (Wildman–Crippen LogP) is 4.06. The van der Waals surface area contributed by atoms with E-state index in [4.69, 9.17) is 16.9 Å². The van der Waals surface area contributed by atoms with Crippen molar-refractivity contribution >= 4 is 11.6 Å². The van der Waals surface area contributed by atoms with Gasteiger partial charge in [0, 0.05) is 5.02 Å². The molecule has 2 aromatic carbocycles. The second kappa shape index (κ2) is 6.05. The van der Waals surface area contributed by atoms with E-state index in [1.807, 2.05) is 36.4 Å². The van der Waals surface area contributed by atoms with Crippen molar-refractivity contribution < 1.29 is 0 Å². The molecule has 1 atom stereocenters. The topological polar surface area (TPSA) is 47.6 Å². The molecule has 19 heavy (non-hydrogen) atoms. The van der Waals surface area contributed by atoms with E-state index in [0.29, 0.717) is 17.0 Å². The van der Waals surface area contributed by atoms with E-state index in [9.17, 15) is 5.26 Å². The van der Waals surface area contributed by atoms with Crippen molar-refractivity contribution in [2.24, 2.45) is 0 Å². The van der Waals surface area contributed by atoms with Crippen LogP contribution < -0.4 is 0 Å². The molecule has 0 heterocycles. The van der Waals surface area contributed by atoms with Gasteiger partial charge in [0.1, 0.15) is 0 Å². The van der Waals surface area contributed by atoms with Crippen LogP contribution in [0.15, 0.2) is 48.5 Å². The van der Waals surface area contributed by atoms with Crippen molar-refractivity contribution in [3.63, 3.8) is 0 Å². The minimum absolute atomic E-state index is 0.257. The Bertz CT molecular complexity index is 648. The smallest absolute Gasteiger partial charge is 0.0991 e. The molecule has 0 N–H and O–H groups in total. The van der Waals surface area contributed by atoms with E-state index >= 15 is 0 Å². The van der Waals surface area contributed by atoms with Crippen LogP contribution in [-0.2, 0) is 6.42 Å². The quantitative estimate of drug-likeness (QED) is 0.841. The highest BCUT2D eigenvalue weighted by Gasteiger charge is 2.13. The highest BCUT2D eigenvalue weighted by molar-refractivity contribution is 6.31. The predicted molar refractivity (Wildman–Crippen MR) is 74.7 cm³/mol. The zero-order valence-corrected chi connectivity index (χ0v) is 10.9. The molecule has 0 aliphatic rings. The van der Waals surface area contributed by atoms with Crippen LogP contribution in [0.2, 0.25) is 5.02 Å². The van der Waals surface area contributed by atoms with Crippen molar-refractivity contribution in [2.45, 2.75) is 12.3 Å². The van der Waals surface area contributed by atoms with E-state index in [2.05, 4.69) is 12.1 Å². The monoisotopic (exact) mass is 266 g/mol. The Balaban J connectivity index is 2.24. The number of nitriles is 2. The summed E-state index contributed by atoms with van der Waals surface area (Å²) in [5, 5.41) is 18.7. The molecule has 0 aliphatic heterocycles. The minimum atomic E-state index is -0.257. The fraction of sp³-hybridized carbons (Fsp3) is 0.125. The molecule has 0 radical (unpaired) electrons. The number of nitrogens with zero attached hydrogens (tertiary/aromatic N) is 2. The van der Waals surface area contributed by atoms with Gasteiger partial charge in [-0.25, -0.2) is 0 Å². The number of benzene rings is 2. The maximum absolute atomic E-state index is 9.30. The van der Waals surface area contributed by atoms with E-state index in [0.717, 1.165) is 11.1 Å². The molecular weight excluding hydrogens is 256 g/mol. The molecule has 2 rings (SSSR count). The first-order chi connectivity index (χ1) is 9.24. The first-order valence-corrected chi connectivity index (χ1v) is 6.25. The van der Waals surface area contributed by atoms with E-state index < -0.39 is 0 Å². The molecule has 0 bridgehead atoms. The van der Waals surface area contributed by atoms with Gasteiger partial charge in [0.25, 0.3) is 0 Å². The number of rotatable bonds is 3. The first kappa shape index (κ1) is 13.1. The van der Waals surface area contributed by atoms with E-state index in [1.165, 1.54) is 0 Å². The van der Waals surface area contributed by atoms with Gasteiger partial charge in [0.05, 0.1) is 23.6 Å². The van der Waals surface area contributed by atoms with Crippen LogP contribution in [0.3, 0.4) is 0 Å². The normalized spacial score (nSPS) is 11.3. The molecule has 0 spiro atoms. The molecule has 3 heteroatoms. The molecule has 0 saturated heterocycles. The molecule has 0 aliphatic carbocycles. The molecule has 0 amide bonds. The summed E-state index contributed by atoms with van der Waals surface area (Å²) in [6, 6.07) is 19.0. The van der Waals surface area contributed by atoms with Gasteiger partial charge in [0.2, 0.25) is 0 Å². The van der Waals surface area contributed by atoms with Crippen molar-refractivity contribution in [2.75, 3.05) is 0 Å². The van der Waals surface area contributed by atoms with Gasteiger partial charge >= 0.3 is 0 Å². The Morgan fingerprint density at radius 1 is 1.00 bits per heavy atom. The maximum atomic E-state index is 9.30. The average Bonchev–Trinajstić information content (AvgIpc) is 2.47. The summed E-state index contributed by atoms with van der Waals surface area (Å²) in [5.41, 5.74) is 2.46. The molecule has 2 nitrogen and oxygen atoms in total. The summed E-state index contributed by atoms with van der Waals surface area (Å²) >= 11 is 6.11. The number of halogens is 1. The van der Waals surface area contributed by atoms with E-state index in [1.54, 1.807) is 12.1 Å². The van der Waals surface area contributed by atoms with Gasteiger partial charge in [-0.2, -0.15) is 10.5 Å². The van der Waals surface area contributed by atoms with Crippen molar-refractivity contribution in [1.82, 2.24) is 0 Å². The lowest BCUT2D eigenvalue weighted by Gasteiger charge is -2.10. The second-order valence-electron chi connectivity index (χ2n) is 4.21. The summed E-state index contributed by atoms with van der Waals surface area (Å²) in [7, 11) is 0. The molecule has 0 fully saturated rings. The summed E-state index contributed by atoms with van der Waals surface area (Å²) < 4.78 is 0. The van der Waals surface area contributed by atoms with Crippen LogP contribution in [0.4, 0.5) is 0 Å². The lowest BCUT2D eigenvalue weighted by molar-refractivity contribution is 0.849. The molecule has 2 aromatic rings. The standard InChI is InChI=1S/C16H11ClN2/c17-16-4-2-1-3-14(16)9-15(11-19)13-7-5-12(10-18)6-8-13/h1-8,15H,9H2. The van der Waals surface area contributed by atoms with Gasteiger partial charge in [-0.05, 0) is 35.7 Å². The Labute approximate surface area is 117 Å². The maximum Gasteiger partial charge on any atom is 0.0991 e. The summed E-state index contributed by atoms with van der Waals surface area (Å²) in [6.45, 7) is 0. The Kier molecular flexibility index (Phi) is 4.18. The molecular formula is C16H11ClN2. The average molecular weight is 267 g/mol. The third-order valence-electron chi connectivity index (χ3n) is 2.98. The third-order valence-corrected chi connectivity index (χ3v) is 3.35. The van der Waals surface area contributed by atoms with Crippen LogP contribution >= 0.6 is 11.6 Å². The molecule has 1 unspecified atom stereocenters. The third kappa shape index (κ3) is 3.13. The summed E-state index contributed by atoms with van der Waals surface area (Å²) in [6.07, 6.45) is 0.572. The lowest BCUT2D eigenvalue weighted by atomic mass is 9.93.